The van der Waals surface area contributed by atoms with Crippen LogP contribution in [0.15, 0.2) is 24.5 Å². The highest BCUT2D eigenvalue weighted by Crippen LogP contribution is 2.27. The van der Waals surface area contributed by atoms with Gasteiger partial charge in [0.05, 0.1) is 6.54 Å². The van der Waals surface area contributed by atoms with Crippen LogP contribution in [0.2, 0.25) is 0 Å². The molecule has 1 atom stereocenters. The number of hydrogen-bond acceptors (Lipinski definition) is 5. The number of aromatic hydroxyl groups is 2. The average molecular weight is 248 g/mol. The molecule has 1 aromatic heterocycles. The molecule has 0 radical (unpaired) electrons. The van der Waals surface area contributed by atoms with Gasteiger partial charge in [-0.25, -0.2) is 0 Å². The lowest BCUT2D eigenvalue weighted by Gasteiger charge is -2.15. The third-order valence-corrected chi connectivity index (χ3v) is 2.85. The molecule has 0 amide bonds. The van der Waals surface area contributed by atoms with Crippen molar-refractivity contribution in [2.24, 2.45) is 7.05 Å². The first kappa shape index (κ1) is 12.4. The van der Waals surface area contributed by atoms with Crippen LogP contribution in [0.3, 0.4) is 0 Å². The Balaban J connectivity index is 2.03. The van der Waals surface area contributed by atoms with Crippen LogP contribution in [0.1, 0.15) is 24.4 Å². The second-order valence-corrected chi connectivity index (χ2v) is 4.20. The minimum atomic E-state index is -0.0534. The van der Waals surface area contributed by atoms with Crippen molar-refractivity contribution in [2.75, 3.05) is 0 Å². The molecule has 96 valence electrons. The summed E-state index contributed by atoms with van der Waals surface area (Å²) in [5, 5.41) is 30.0. The first-order chi connectivity index (χ1) is 8.58. The fraction of sp³-hybridized carbons (Fsp3) is 0.333. The van der Waals surface area contributed by atoms with E-state index >= 15 is 0 Å². The summed E-state index contributed by atoms with van der Waals surface area (Å²) in [4.78, 5) is 0. The van der Waals surface area contributed by atoms with Crippen molar-refractivity contribution in [1.82, 2.24) is 20.1 Å². The Morgan fingerprint density at radius 2 is 2.17 bits per heavy atom. The molecule has 0 saturated heterocycles. The SMILES string of the molecule is CC(NCc1nncn1C)c1ccc(O)cc1O. The Hall–Kier alpha value is -2.08. The van der Waals surface area contributed by atoms with Gasteiger partial charge in [0.15, 0.2) is 0 Å². The number of nitrogens with one attached hydrogen (secondary N) is 1. The van der Waals surface area contributed by atoms with E-state index < -0.39 is 0 Å². The van der Waals surface area contributed by atoms with Crippen molar-refractivity contribution in [3.63, 3.8) is 0 Å². The molecule has 0 aliphatic rings. The van der Waals surface area contributed by atoms with Crippen LogP contribution < -0.4 is 5.32 Å². The zero-order chi connectivity index (χ0) is 13.1. The summed E-state index contributed by atoms with van der Waals surface area (Å²) in [7, 11) is 1.87. The quantitative estimate of drug-likeness (QED) is 0.754. The van der Waals surface area contributed by atoms with Crippen molar-refractivity contribution >= 4 is 0 Å². The Bertz CT molecular complexity index is 539. The Kier molecular flexibility index (Phi) is 3.47. The van der Waals surface area contributed by atoms with E-state index in [9.17, 15) is 10.2 Å². The van der Waals surface area contributed by atoms with Crippen molar-refractivity contribution in [2.45, 2.75) is 19.5 Å². The van der Waals surface area contributed by atoms with Crippen LogP contribution in [0, 0.1) is 0 Å². The first-order valence-corrected chi connectivity index (χ1v) is 5.66. The average Bonchev–Trinajstić information content (AvgIpc) is 2.72. The zero-order valence-electron chi connectivity index (χ0n) is 10.3. The normalized spacial score (nSPS) is 12.6. The van der Waals surface area contributed by atoms with Crippen LogP contribution in [0.25, 0.3) is 0 Å². The second kappa shape index (κ2) is 5.05. The molecule has 18 heavy (non-hydrogen) atoms. The standard InChI is InChI=1S/C12H16N4O2/c1-8(10-4-3-9(17)5-11(10)18)13-6-12-15-14-7-16(12)2/h3-5,7-8,13,17-18H,6H2,1-2H3. The minimum absolute atomic E-state index is 0.0525. The van der Waals surface area contributed by atoms with E-state index in [1.54, 1.807) is 18.5 Å². The maximum absolute atomic E-state index is 9.74. The van der Waals surface area contributed by atoms with Crippen molar-refractivity contribution in [3.05, 3.63) is 35.9 Å². The topological polar surface area (TPSA) is 83.2 Å². The Morgan fingerprint density at radius 1 is 1.39 bits per heavy atom. The van der Waals surface area contributed by atoms with Gasteiger partial charge in [-0.05, 0) is 13.0 Å². The maximum Gasteiger partial charge on any atom is 0.146 e. The largest absolute Gasteiger partial charge is 0.508 e. The van der Waals surface area contributed by atoms with Gasteiger partial charge in [0.25, 0.3) is 0 Å². The smallest absolute Gasteiger partial charge is 0.146 e. The van der Waals surface area contributed by atoms with Gasteiger partial charge < -0.3 is 20.1 Å². The maximum atomic E-state index is 9.74. The Labute approximate surface area is 105 Å². The van der Waals surface area contributed by atoms with Crippen LogP contribution >= 0.6 is 0 Å². The van der Waals surface area contributed by atoms with E-state index in [-0.39, 0.29) is 17.5 Å². The predicted molar refractivity (Wildman–Crippen MR) is 66.0 cm³/mol. The molecule has 6 heteroatoms. The van der Waals surface area contributed by atoms with E-state index in [1.807, 2.05) is 18.5 Å². The summed E-state index contributed by atoms with van der Waals surface area (Å²) in [6.07, 6.45) is 1.64. The molecule has 0 aliphatic heterocycles. The van der Waals surface area contributed by atoms with Crippen molar-refractivity contribution in [3.8, 4) is 11.5 Å². The van der Waals surface area contributed by atoms with E-state index in [4.69, 9.17) is 0 Å². The molecule has 2 aromatic rings. The molecule has 0 fully saturated rings. The van der Waals surface area contributed by atoms with E-state index in [2.05, 4.69) is 15.5 Å². The summed E-state index contributed by atoms with van der Waals surface area (Å²) in [6, 6.07) is 4.52. The van der Waals surface area contributed by atoms with Gasteiger partial charge in [0.1, 0.15) is 23.7 Å². The fourth-order valence-electron chi connectivity index (χ4n) is 1.72. The zero-order valence-corrected chi connectivity index (χ0v) is 10.3. The summed E-state index contributed by atoms with van der Waals surface area (Å²) < 4.78 is 1.83. The monoisotopic (exact) mass is 248 g/mol. The molecule has 0 spiro atoms. The molecule has 0 bridgehead atoms. The number of rotatable bonds is 4. The number of nitrogens with zero attached hydrogens (tertiary/aromatic N) is 3. The highest BCUT2D eigenvalue weighted by atomic mass is 16.3. The summed E-state index contributed by atoms with van der Waals surface area (Å²) in [5.41, 5.74) is 0.731. The van der Waals surface area contributed by atoms with E-state index in [0.29, 0.717) is 6.54 Å². The van der Waals surface area contributed by atoms with Crippen LogP contribution in [0.4, 0.5) is 0 Å². The third-order valence-electron chi connectivity index (χ3n) is 2.85. The number of hydrogen-bond donors (Lipinski definition) is 3. The molecule has 2 rings (SSSR count). The van der Waals surface area contributed by atoms with E-state index in [1.165, 1.54) is 6.07 Å². The highest BCUT2D eigenvalue weighted by Gasteiger charge is 2.11. The molecule has 1 unspecified atom stereocenters. The number of aryl methyl sites for hydroxylation is 1. The van der Waals surface area contributed by atoms with Gasteiger partial charge in [-0.1, -0.05) is 6.07 Å². The number of benzene rings is 1. The molecule has 3 N–H and O–H groups in total. The number of phenolic OH excluding ortho intramolecular Hbond substituents is 2. The van der Waals surface area contributed by atoms with E-state index in [0.717, 1.165) is 11.4 Å². The second-order valence-electron chi connectivity index (χ2n) is 4.20. The molecule has 0 saturated carbocycles. The summed E-state index contributed by atoms with van der Waals surface area (Å²) in [6.45, 7) is 2.49. The Morgan fingerprint density at radius 3 is 2.78 bits per heavy atom. The number of phenols is 2. The summed E-state index contributed by atoms with van der Waals surface area (Å²) >= 11 is 0. The van der Waals surface area contributed by atoms with Crippen LogP contribution in [-0.4, -0.2) is 25.0 Å². The van der Waals surface area contributed by atoms with Crippen LogP contribution in [-0.2, 0) is 13.6 Å². The minimum Gasteiger partial charge on any atom is -0.508 e. The van der Waals surface area contributed by atoms with Gasteiger partial charge in [-0.15, -0.1) is 10.2 Å². The molecular weight excluding hydrogens is 232 g/mol. The number of aromatic nitrogens is 3. The van der Waals surface area contributed by atoms with Crippen molar-refractivity contribution < 1.29 is 10.2 Å². The lowest BCUT2D eigenvalue weighted by atomic mass is 10.1. The molecule has 1 heterocycles. The molecular formula is C12H16N4O2. The summed E-state index contributed by atoms with van der Waals surface area (Å²) in [5.74, 6) is 0.949. The molecule has 6 nitrogen and oxygen atoms in total. The van der Waals surface area contributed by atoms with Gasteiger partial charge in [0.2, 0.25) is 0 Å². The highest BCUT2D eigenvalue weighted by molar-refractivity contribution is 5.40. The lowest BCUT2D eigenvalue weighted by molar-refractivity contribution is 0.434. The van der Waals surface area contributed by atoms with Crippen molar-refractivity contribution in [1.29, 1.82) is 0 Å². The van der Waals surface area contributed by atoms with Gasteiger partial charge in [-0.3, -0.25) is 0 Å². The molecule has 1 aromatic carbocycles. The third kappa shape index (κ3) is 2.60. The van der Waals surface area contributed by atoms with Crippen LogP contribution in [0.5, 0.6) is 11.5 Å². The van der Waals surface area contributed by atoms with Gasteiger partial charge in [-0.2, -0.15) is 0 Å². The van der Waals surface area contributed by atoms with Gasteiger partial charge >= 0.3 is 0 Å². The van der Waals surface area contributed by atoms with Gasteiger partial charge in [0, 0.05) is 24.7 Å². The lowest BCUT2D eigenvalue weighted by Crippen LogP contribution is -2.20. The predicted octanol–water partition coefficient (Wildman–Crippen LogP) is 1.08. The fourth-order valence-corrected chi connectivity index (χ4v) is 1.72. The molecule has 0 aliphatic carbocycles. The first-order valence-electron chi connectivity index (χ1n) is 5.66.